The first kappa shape index (κ1) is 18.0. The second-order valence-corrected chi connectivity index (χ2v) is 7.96. The molecule has 4 rings (SSSR count). The number of fused-ring (bicyclic) bond motifs is 1. The molecule has 142 valence electrons. The van der Waals surface area contributed by atoms with Gasteiger partial charge in [0, 0.05) is 11.6 Å². The quantitative estimate of drug-likeness (QED) is 0.592. The maximum absolute atomic E-state index is 5.74. The Bertz CT molecular complexity index is 958. The zero-order chi connectivity index (χ0) is 19.0. The number of nitrogens with zero attached hydrogens (tertiary/aromatic N) is 3. The number of hydrogen-bond donors (Lipinski definition) is 1. The van der Waals surface area contributed by atoms with Crippen LogP contribution in [0.2, 0.25) is 0 Å². The van der Waals surface area contributed by atoms with Gasteiger partial charge in [0.2, 0.25) is 5.58 Å². The number of hydrogen-bond acceptors (Lipinski definition) is 5. The van der Waals surface area contributed by atoms with E-state index < -0.39 is 0 Å². The van der Waals surface area contributed by atoms with E-state index in [-0.39, 0.29) is 0 Å². The number of aryl methyl sites for hydroxylation is 3. The van der Waals surface area contributed by atoms with E-state index in [4.69, 9.17) is 4.52 Å². The molecule has 1 aliphatic carbocycles. The summed E-state index contributed by atoms with van der Waals surface area (Å²) >= 11 is 0. The lowest BCUT2D eigenvalue weighted by atomic mass is 10.0. The van der Waals surface area contributed by atoms with Crippen molar-refractivity contribution in [1.29, 1.82) is 0 Å². The zero-order valence-corrected chi connectivity index (χ0v) is 16.7. The summed E-state index contributed by atoms with van der Waals surface area (Å²) in [7, 11) is 0. The highest BCUT2D eigenvalue weighted by Gasteiger charge is 2.26. The molecule has 27 heavy (non-hydrogen) atoms. The smallest absolute Gasteiger partial charge is 0.228 e. The van der Waals surface area contributed by atoms with E-state index in [0.29, 0.717) is 11.6 Å². The van der Waals surface area contributed by atoms with Crippen molar-refractivity contribution in [3.05, 3.63) is 35.2 Å². The monoisotopic (exact) mass is 364 g/mol. The fourth-order valence-corrected chi connectivity index (χ4v) is 3.84. The van der Waals surface area contributed by atoms with Crippen molar-refractivity contribution in [3.63, 3.8) is 0 Å². The van der Waals surface area contributed by atoms with Crippen molar-refractivity contribution in [1.82, 2.24) is 15.1 Å². The minimum Gasteiger partial charge on any atom is -0.364 e. The van der Waals surface area contributed by atoms with E-state index in [9.17, 15) is 0 Å². The van der Waals surface area contributed by atoms with Crippen molar-refractivity contribution >= 4 is 16.9 Å². The van der Waals surface area contributed by atoms with Crippen molar-refractivity contribution in [2.75, 3.05) is 5.32 Å². The topological polar surface area (TPSA) is 63.8 Å². The number of anilines is 1. The van der Waals surface area contributed by atoms with Crippen LogP contribution in [0.3, 0.4) is 0 Å². The van der Waals surface area contributed by atoms with E-state index in [0.717, 1.165) is 47.2 Å². The van der Waals surface area contributed by atoms with E-state index in [1.807, 2.05) is 6.92 Å². The molecular formula is C22H28N4O. The molecule has 1 atom stereocenters. The van der Waals surface area contributed by atoms with Gasteiger partial charge in [0.05, 0.1) is 0 Å². The maximum atomic E-state index is 5.74. The van der Waals surface area contributed by atoms with Gasteiger partial charge in [-0.15, -0.1) is 0 Å². The molecule has 0 aliphatic heterocycles. The lowest BCUT2D eigenvalue weighted by molar-refractivity contribution is 0.458. The highest BCUT2D eigenvalue weighted by Crippen LogP contribution is 2.36. The van der Waals surface area contributed by atoms with E-state index in [1.54, 1.807) is 0 Å². The minimum absolute atomic E-state index is 0.426. The van der Waals surface area contributed by atoms with E-state index in [2.05, 4.69) is 59.4 Å². The SMILES string of the molecule is CCCC(CC1CC1)Nc1nc(C)nc2c(-c3ccc(C)cc3C)noc12. The highest BCUT2D eigenvalue weighted by atomic mass is 16.5. The van der Waals surface area contributed by atoms with Crippen LogP contribution in [0.1, 0.15) is 56.0 Å². The summed E-state index contributed by atoms with van der Waals surface area (Å²) in [6.07, 6.45) is 6.22. The third-order valence-electron chi connectivity index (χ3n) is 5.36. The van der Waals surface area contributed by atoms with Gasteiger partial charge in [-0.25, -0.2) is 9.97 Å². The standard InChI is InChI=1S/C22H28N4O/c1-5-6-17(12-16-8-9-16)25-22-21-20(23-15(4)24-22)19(26-27-21)18-10-7-13(2)11-14(18)3/h7,10-11,16-17H,5-6,8-9,12H2,1-4H3,(H,23,24,25). The Morgan fingerprint density at radius 2 is 2.00 bits per heavy atom. The molecule has 0 saturated heterocycles. The molecule has 0 amide bonds. The Hall–Kier alpha value is -2.43. The van der Waals surface area contributed by atoms with Gasteiger partial charge in [0.25, 0.3) is 0 Å². The van der Waals surface area contributed by atoms with Crippen LogP contribution in [0.15, 0.2) is 22.7 Å². The minimum atomic E-state index is 0.426. The van der Waals surface area contributed by atoms with Crippen molar-refractivity contribution < 1.29 is 4.52 Å². The number of nitrogens with one attached hydrogen (secondary N) is 1. The molecule has 1 N–H and O–H groups in total. The Kier molecular flexibility index (Phi) is 4.85. The Morgan fingerprint density at radius 1 is 1.19 bits per heavy atom. The fraction of sp³-hybridized carbons (Fsp3) is 0.500. The van der Waals surface area contributed by atoms with Gasteiger partial charge in [-0.3, -0.25) is 0 Å². The van der Waals surface area contributed by atoms with Gasteiger partial charge in [-0.2, -0.15) is 0 Å². The molecule has 0 bridgehead atoms. The van der Waals surface area contributed by atoms with Crippen LogP contribution in [0, 0.1) is 26.7 Å². The van der Waals surface area contributed by atoms with Crippen LogP contribution in [0.25, 0.3) is 22.4 Å². The van der Waals surface area contributed by atoms with Crippen molar-refractivity contribution in [2.24, 2.45) is 5.92 Å². The molecule has 0 spiro atoms. The summed E-state index contributed by atoms with van der Waals surface area (Å²) in [5, 5.41) is 8.01. The summed E-state index contributed by atoms with van der Waals surface area (Å²) in [6.45, 7) is 8.36. The molecule has 5 nitrogen and oxygen atoms in total. The molecule has 1 aliphatic rings. The maximum Gasteiger partial charge on any atom is 0.228 e. The highest BCUT2D eigenvalue weighted by molar-refractivity contribution is 5.94. The molecule has 3 aromatic rings. The number of benzene rings is 1. The van der Waals surface area contributed by atoms with E-state index in [1.165, 1.54) is 30.4 Å². The summed E-state index contributed by atoms with van der Waals surface area (Å²) in [4.78, 5) is 9.29. The predicted octanol–water partition coefficient (Wildman–Crippen LogP) is 5.59. The Balaban J connectivity index is 1.73. The summed E-state index contributed by atoms with van der Waals surface area (Å²) in [6, 6.07) is 6.79. The van der Waals surface area contributed by atoms with Gasteiger partial charge < -0.3 is 9.84 Å². The van der Waals surface area contributed by atoms with Crippen molar-refractivity contribution in [3.8, 4) is 11.3 Å². The molecule has 0 radical (unpaired) electrons. The third kappa shape index (κ3) is 3.82. The molecule has 2 heterocycles. The van der Waals surface area contributed by atoms with E-state index >= 15 is 0 Å². The second kappa shape index (κ2) is 7.29. The van der Waals surface area contributed by atoms with Crippen LogP contribution < -0.4 is 5.32 Å². The average molecular weight is 364 g/mol. The van der Waals surface area contributed by atoms with Crippen LogP contribution >= 0.6 is 0 Å². The summed E-state index contributed by atoms with van der Waals surface area (Å²) in [5.74, 6) is 2.38. The van der Waals surface area contributed by atoms with Crippen LogP contribution in [0.4, 0.5) is 5.82 Å². The van der Waals surface area contributed by atoms with Crippen LogP contribution in [-0.2, 0) is 0 Å². The average Bonchev–Trinajstić information content (AvgIpc) is 3.33. The molecule has 1 fully saturated rings. The van der Waals surface area contributed by atoms with Gasteiger partial charge in [0.15, 0.2) is 5.82 Å². The zero-order valence-electron chi connectivity index (χ0n) is 16.7. The lowest BCUT2D eigenvalue weighted by Crippen LogP contribution is -2.21. The fourth-order valence-electron chi connectivity index (χ4n) is 3.84. The van der Waals surface area contributed by atoms with Gasteiger partial charge in [-0.05, 0) is 45.1 Å². The molecule has 1 aromatic carbocycles. The summed E-state index contributed by atoms with van der Waals surface area (Å²) in [5.41, 5.74) is 5.72. The largest absolute Gasteiger partial charge is 0.364 e. The molecule has 1 unspecified atom stereocenters. The van der Waals surface area contributed by atoms with Gasteiger partial charge >= 0.3 is 0 Å². The van der Waals surface area contributed by atoms with Crippen LogP contribution in [0.5, 0.6) is 0 Å². The van der Waals surface area contributed by atoms with Crippen molar-refractivity contribution in [2.45, 2.75) is 65.8 Å². The van der Waals surface area contributed by atoms with Gasteiger partial charge in [-0.1, -0.05) is 55.1 Å². The molecule has 1 saturated carbocycles. The van der Waals surface area contributed by atoms with Crippen LogP contribution in [-0.4, -0.2) is 21.2 Å². The Morgan fingerprint density at radius 3 is 2.70 bits per heavy atom. The Labute approximate surface area is 160 Å². The van der Waals surface area contributed by atoms with Gasteiger partial charge in [0.1, 0.15) is 17.0 Å². The molecule has 5 heteroatoms. The molecule has 2 aromatic heterocycles. The second-order valence-electron chi connectivity index (χ2n) is 7.96. The normalized spacial score (nSPS) is 15.3. The first-order chi connectivity index (χ1) is 13.0. The first-order valence-corrected chi connectivity index (χ1v) is 10.0. The first-order valence-electron chi connectivity index (χ1n) is 10.0. The predicted molar refractivity (Wildman–Crippen MR) is 109 cm³/mol. The third-order valence-corrected chi connectivity index (χ3v) is 5.36. The number of aromatic nitrogens is 3. The number of rotatable bonds is 7. The lowest BCUT2D eigenvalue weighted by Gasteiger charge is -2.18. The molecular weight excluding hydrogens is 336 g/mol. The summed E-state index contributed by atoms with van der Waals surface area (Å²) < 4.78 is 5.74.